The van der Waals surface area contributed by atoms with Crippen molar-refractivity contribution in [2.45, 2.75) is 20.5 Å². The Kier molecular flexibility index (Phi) is 3.54. The summed E-state index contributed by atoms with van der Waals surface area (Å²) in [6.45, 7) is 3.75. The maximum absolute atomic E-state index is 10.00. The molecule has 0 fully saturated rings. The maximum Gasteiger partial charge on any atom is 0.222 e. The van der Waals surface area contributed by atoms with Gasteiger partial charge in [0.1, 0.15) is 23.6 Å². The Morgan fingerprint density at radius 3 is 2.72 bits per heavy atom. The minimum absolute atomic E-state index is 0.0772. The molecule has 7 nitrogen and oxygen atoms in total. The number of aromatic nitrogens is 3. The topological polar surface area (TPSA) is 97.6 Å². The second kappa shape index (κ2) is 5.11. The molecule has 2 rings (SSSR count). The highest BCUT2D eigenvalue weighted by atomic mass is 17.2. The van der Waals surface area contributed by atoms with Crippen LogP contribution in [0.3, 0.4) is 0 Å². The third kappa shape index (κ3) is 2.31. The Morgan fingerprint density at radius 2 is 2.00 bits per heavy atom. The number of aryl methyl sites for hydroxylation is 1. The molecule has 2 N–H and O–H groups in total. The van der Waals surface area contributed by atoms with Crippen molar-refractivity contribution in [3.63, 3.8) is 0 Å². The standard InChI is InChI=1S/C11H13N3O4/c1-3-17-18-5-8-10(15)9-7(11(16)14-8)4-12-6(2)13-9/h4,15H,3,5H2,1-2H3,(H,14,16). The number of nitrogens with zero attached hydrogens (tertiary/aromatic N) is 3. The summed E-state index contributed by atoms with van der Waals surface area (Å²) in [5.41, 5.74) is 0.400. The third-order valence-electron chi connectivity index (χ3n) is 2.29. The zero-order valence-electron chi connectivity index (χ0n) is 10.0. The highest BCUT2D eigenvalue weighted by molar-refractivity contribution is 5.88. The molecule has 0 saturated heterocycles. The first-order valence-electron chi connectivity index (χ1n) is 5.42. The van der Waals surface area contributed by atoms with E-state index in [0.29, 0.717) is 17.8 Å². The Morgan fingerprint density at radius 1 is 1.22 bits per heavy atom. The van der Waals surface area contributed by atoms with E-state index in [2.05, 4.69) is 15.0 Å². The molecule has 18 heavy (non-hydrogen) atoms. The molecule has 0 spiro atoms. The van der Waals surface area contributed by atoms with Crippen molar-refractivity contribution in [1.82, 2.24) is 15.0 Å². The minimum Gasteiger partial charge on any atom is -0.504 e. The second-order valence-electron chi connectivity index (χ2n) is 3.58. The molecule has 0 bridgehead atoms. The van der Waals surface area contributed by atoms with E-state index < -0.39 is 0 Å². The number of rotatable bonds is 4. The molecule has 0 amide bonds. The Hall–Kier alpha value is -1.99. The predicted molar refractivity (Wildman–Crippen MR) is 61.8 cm³/mol. The molecule has 96 valence electrons. The van der Waals surface area contributed by atoms with Gasteiger partial charge in [-0.2, -0.15) is 0 Å². The lowest BCUT2D eigenvalue weighted by atomic mass is 10.2. The van der Waals surface area contributed by atoms with Crippen molar-refractivity contribution < 1.29 is 20.0 Å². The van der Waals surface area contributed by atoms with E-state index in [0.717, 1.165) is 0 Å². The lowest BCUT2D eigenvalue weighted by molar-refractivity contribution is -0.301. The summed E-state index contributed by atoms with van der Waals surface area (Å²) in [4.78, 5) is 21.3. The van der Waals surface area contributed by atoms with E-state index in [-0.39, 0.29) is 29.4 Å². The first kappa shape index (κ1) is 12.5. The van der Waals surface area contributed by atoms with Crippen molar-refractivity contribution in [1.29, 1.82) is 0 Å². The zero-order valence-corrected chi connectivity index (χ0v) is 10.0. The van der Waals surface area contributed by atoms with Gasteiger partial charge in [-0.3, -0.25) is 0 Å². The molecule has 0 unspecified atom stereocenters. The summed E-state index contributed by atoms with van der Waals surface area (Å²) >= 11 is 0. The SMILES string of the molecule is CCOOCc1nc(O)c2cnc(C)nc2c1O. The lowest BCUT2D eigenvalue weighted by Crippen LogP contribution is -2.00. The van der Waals surface area contributed by atoms with Crippen LogP contribution in [0.2, 0.25) is 0 Å². The third-order valence-corrected chi connectivity index (χ3v) is 2.29. The molecule has 0 aromatic carbocycles. The smallest absolute Gasteiger partial charge is 0.222 e. The normalized spacial score (nSPS) is 11.0. The van der Waals surface area contributed by atoms with Crippen LogP contribution in [0.15, 0.2) is 6.20 Å². The van der Waals surface area contributed by atoms with Gasteiger partial charge in [-0.1, -0.05) is 0 Å². The summed E-state index contributed by atoms with van der Waals surface area (Å²) < 4.78 is 0. The van der Waals surface area contributed by atoms with Crippen LogP contribution in [-0.4, -0.2) is 31.8 Å². The molecule has 0 aliphatic rings. The van der Waals surface area contributed by atoms with Gasteiger partial charge in [0.05, 0.1) is 12.0 Å². The Bertz CT molecular complexity index is 574. The fraction of sp³-hybridized carbons (Fsp3) is 0.364. The van der Waals surface area contributed by atoms with E-state index in [1.165, 1.54) is 6.20 Å². The van der Waals surface area contributed by atoms with E-state index >= 15 is 0 Å². The fourth-order valence-corrected chi connectivity index (χ4v) is 1.47. The summed E-state index contributed by atoms with van der Waals surface area (Å²) in [6, 6.07) is 0. The molecule has 2 aromatic rings. The summed E-state index contributed by atoms with van der Waals surface area (Å²) in [5.74, 6) is 0.0889. The van der Waals surface area contributed by atoms with Crippen LogP contribution in [0.4, 0.5) is 0 Å². The van der Waals surface area contributed by atoms with E-state index in [1.807, 2.05) is 0 Å². The van der Waals surface area contributed by atoms with Crippen LogP contribution in [0.1, 0.15) is 18.4 Å². The highest BCUT2D eigenvalue weighted by Gasteiger charge is 2.15. The molecule has 0 aliphatic heterocycles. The molecule has 0 saturated carbocycles. The van der Waals surface area contributed by atoms with Crippen LogP contribution in [0.5, 0.6) is 11.6 Å². The Balaban J connectivity index is 2.46. The number of hydrogen-bond acceptors (Lipinski definition) is 7. The number of fused-ring (bicyclic) bond motifs is 1. The van der Waals surface area contributed by atoms with Gasteiger partial charge in [-0.05, 0) is 13.8 Å². The van der Waals surface area contributed by atoms with E-state index in [4.69, 9.17) is 9.78 Å². The van der Waals surface area contributed by atoms with Crippen molar-refractivity contribution in [3.05, 3.63) is 17.7 Å². The van der Waals surface area contributed by atoms with Gasteiger partial charge in [0, 0.05) is 6.20 Å². The average Bonchev–Trinajstić information content (AvgIpc) is 2.35. The fourth-order valence-electron chi connectivity index (χ4n) is 1.47. The summed E-state index contributed by atoms with van der Waals surface area (Å²) in [6.07, 6.45) is 1.41. The Labute approximate surface area is 103 Å². The molecule has 7 heteroatoms. The largest absolute Gasteiger partial charge is 0.504 e. The van der Waals surface area contributed by atoms with Gasteiger partial charge in [-0.25, -0.2) is 24.7 Å². The van der Waals surface area contributed by atoms with Crippen molar-refractivity contribution >= 4 is 10.9 Å². The van der Waals surface area contributed by atoms with E-state index in [9.17, 15) is 10.2 Å². The molecular weight excluding hydrogens is 238 g/mol. The van der Waals surface area contributed by atoms with Gasteiger partial charge >= 0.3 is 0 Å². The number of hydrogen-bond donors (Lipinski definition) is 2. The molecule has 0 aliphatic carbocycles. The second-order valence-corrected chi connectivity index (χ2v) is 3.58. The number of pyridine rings is 1. The van der Waals surface area contributed by atoms with Gasteiger partial charge < -0.3 is 10.2 Å². The molecule has 0 radical (unpaired) electrons. The minimum atomic E-state index is -0.252. The van der Waals surface area contributed by atoms with Crippen LogP contribution >= 0.6 is 0 Å². The summed E-state index contributed by atoms with van der Waals surface area (Å²) in [7, 11) is 0. The predicted octanol–water partition coefficient (Wildman–Crippen LogP) is 1.21. The molecule has 2 aromatic heterocycles. The average molecular weight is 251 g/mol. The molecule has 0 atom stereocenters. The molecular formula is C11H13N3O4. The van der Waals surface area contributed by atoms with Crippen molar-refractivity contribution in [2.24, 2.45) is 0 Å². The van der Waals surface area contributed by atoms with Gasteiger partial charge in [0.15, 0.2) is 5.75 Å². The van der Waals surface area contributed by atoms with Gasteiger partial charge in [0.2, 0.25) is 5.88 Å². The first-order chi connectivity index (χ1) is 8.63. The number of aromatic hydroxyl groups is 2. The van der Waals surface area contributed by atoms with Gasteiger partial charge in [0.25, 0.3) is 0 Å². The molecule has 2 heterocycles. The lowest BCUT2D eigenvalue weighted by Gasteiger charge is -2.08. The highest BCUT2D eigenvalue weighted by Crippen LogP contribution is 2.31. The van der Waals surface area contributed by atoms with Gasteiger partial charge in [-0.15, -0.1) is 0 Å². The maximum atomic E-state index is 10.00. The van der Waals surface area contributed by atoms with Crippen LogP contribution in [-0.2, 0) is 16.4 Å². The summed E-state index contributed by atoms with van der Waals surface area (Å²) in [5, 5.41) is 20.0. The van der Waals surface area contributed by atoms with Crippen LogP contribution in [0, 0.1) is 6.92 Å². The van der Waals surface area contributed by atoms with Crippen LogP contribution < -0.4 is 0 Å². The van der Waals surface area contributed by atoms with E-state index in [1.54, 1.807) is 13.8 Å². The van der Waals surface area contributed by atoms with Crippen molar-refractivity contribution in [3.8, 4) is 11.6 Å². The van der Waals surface area contributed by atoms with Crippen LogP contribution in [0.25, 0.3) is 10.9 Å². The monoisotopic (exact) mass is 251 g/mol. The quantitative estimate of drug-likeness (QED) is 0.478. The van der Waals surface area contributed by atoms with Crippen molar-refractivity contribution in [2.75, 3.05) is 6.61 Å². The first-order valence-corrected chi connectivity index (χ1v) is 5.42. The zero-order chi connectivity index (χ0) is 13.1.